The number of anilines is 3. The molecule has 1 heterocycles. The largest absolute Gasteiger partial charge is 0.397 e. The minimum absolute atomic E-state index is 0.0913. The maximum atomic E-state index is 14.0. The third kappa shape index (κ3) is 2.87. The summed E-state index contributed by atoms with van der Waals surface area (Å²) in [5, 5.41) is 2.94. The monoisotopic (exact) mass is 287 g/mol. The molecule has 1 aliphatic rings. The Balaban J connectivity index is 2.09. The van der Waals surface area contributed by atoms with E-state index in [0.717, 1.165) is 19.4 Å². The van der Waals surface area contributed by atoms with Gasteiger partial charge in [-0.3, -0.25) is 0 Å². The first-order valence-electron chi connectivity index (χ1n) is 6.43. The normalized spacial score (nSPS) is 22.7. The molecule has 0 spiro atoms. The third-order valence-electron chi connectivity index (χ3n) is 3.56. The van der Waals surface area contributed by atoms with Crippen molar-refractivity contribution in [3.63, 3.8) is 0 Å². The molecule has 2 unspecified atom stereocenters. The lowest BCUT2D eigenvalue weighted by molar-refractivity contribution is 0.0900. The molecular formula is C13H19ClFN3O. The van der Waals surface area contributed by atoms with Gasteiger partial charge in [0.1, 0.15) is 5.02 Å². The average molecular weight is 288 g/mol. The number of ether oxygens (including phenoxy) is 1. The van der Waals surface area contributed by atoms with E-state index in [-0.39, 0.29) is 28.2 Å². The molecule has 5 N–H and O–H groups in total. The number of hydrogen-bond acceptors (Lipinski definition) is 4. The SMILES string of the molecule is CCC1OCCC1CNc1c(N)cc(N)c(Cl)c1F. The van der Waals surface area contributed by atoms with Gasteiger partial charge < -0.3 is 21.5 Å². The van der Waals surface area contributed by atoms with E-state index < -0.39 is 5.82 Å². The van der Waals surface area contributed by atoms with Crippen LogP contribution in [0.1, 0.15) is 19.8 Å². The van der Waals surface area contributed by atoms with Crippen LogP contribution >= 0.6 is 11.6 Å². The van der Waals surface area contributed by atoms with Gasteiger partial charge in [0.05, 0.1) is 23.2 Å². The van der Waals surface area contributed by atoms with Gasteiger partial charge in [-0.2, -0.15) is 0 Å². The molecule has 1 aliphatic heterocycles. The summed E-state index contributed by atoms with van der Waals surface area (Å²) in [7, 11) is 0. The Bertz CT molecular complexity index is 470. The Kier molecular flexibility index (Phi) is 4.37. The van der Waals surface area contributed by atoms with Gasteiger partial charge in [-0.25, -0.2) is 4.39 Å². The molecule has 0 bridgehead atoms. The van der Waals surface area contributed by atoms with E-state index in [1.54, 1.807) is 0 Å². The molecule has 2 atom stereocenters. The zero-order chi connectivity index (χ0) is 14.0. The topological polar surface area (TPSA) is 73.3 Å². The van der Waals surface area contributed by atoms with E-state index in [4.69, 9.17) is 27.8 Å². The molecule has 0 radical (unpaired) electrons. The van der Waals surface area contributed by atoms with Crippen molar-refractivity contribution >= 4 is 28.7 Å². The molecule has 0 saturated carbocycles. The van der Waals surface area contributed by atoms with E-state index in [1.807, 2.05) is 0 Å². The maximum Gasteiger partial charge on any atom is 0.169 e. The maximum absolute atomic E-state index is 14.0. The van der Waals surface area contributed by atoms with Crippen LogP contribution in [0.4, 0.5) is 21.5 Å². The number of nitrogen functional groups attached to an aromatic ring is 2. The number of hydrogen-bond donors (Lipinski definition) is 3. The summed E-state index contributed by atoms with van der Waals surface area (Å²) < 4.78 is 19.6. The lowest BCUT2D eigenvalue weighted by Gasteiger charge is -2.19. The van der Waals surface area contributed by atoms with Crippen LogP contribution < -0.4 is 16.8 Å². The van der Waals surface area contributed by atoms with E-state index in [1.165, 1.54) is 6.07 Å². The van der Waals surface area contributed by atoms with Gasteiger partial charge in [-0.1, -0.05) is 18.5 Å². The standard InChI is InChI=1S/C13H19ClFN3O/c1-2-10-7(3-4-19-10)6-18-13-9(17)5-8(16)11(14)12(13)15/h5,7,10,18H,2-4,6,16-17H2,1H3. The average Bonchev–Trinajstić information content (AvgIpc) is 2.83. The predicted molar refractivity (Wildman–Crippen MR) is 76.9 cm³/mol. The summed E-state index contributed by atoms with van der Waals surface area (Å²) >= 11 is 5.79. The van der Waals surface area contributed by atoms with Crippen molar-refractivity contribution < 1.29 is 9.13 Å². The zero-order valence-corrected chi connectivity index (χ0v) is 11.6. The van der Waals surface area contributed by atoms with Crippen LogP contribution in [-0.2, 0) is 4.74 Å². The Hall–Kier alpha value is -1.20. The van der Waals surface area contributed by atoms with Gasteiger partial charge >= 0.3 is 0 Å². The van der Waals surface area contributed by atoms with Crippen LogP contribution in [0.25, 0.3) is 0 Å². The van der Waals surface area contributed by atoms with Crippen LogP contribution in [0.5, 0.6) is 0 Å². The summed E-state index contributed by atoms with van der Waals surface area (Å²) in [5.41, 5.74) is 12.0. The van der Waals surface area contributed by atoms with Crippen LogP contribution in [0, 0.1) is 11.7 Å². The van der Waals surface area contributed by atoms with Crippen molar-refractivity contribution in [3.05, 3.63) is 16.9 Å². The fourth-order valence-electron chi connectivity index (χ4n) is 2.46. The molecule has 2 rings (SSSR count). The van der Waals surface area contributed by atoms with Gasteiger partial charge in [0.15, 0.2) is 5.82 Å². The zero-order valence-electron chi connectivity index (χ0n) is 10.9. The number of halogens is 2. The number of nitrogens with two attached hydrogens (primary N) is 2. The smallest absolute Gasteiger partial charge is 0.169 e. The fraction of sp³-hybridized carbons (Fsp3) is 0.538. The van der Waals surface area contributed by atoms with Crippen molar-refractivity contribution in [2.24, 2.45) is 5.92 Å². The van der Waals surface area contributed by atoms with Crippen molar-refractivity contribution in [2.45, 2.75) is 25.9 Å². The summed E-state index contributed by atoms with van der Waals surface area (Å²) in [4.78, 5) is 0. The van der Waals surface area contributed by atoms with Crippen LogP contribution in [0.3, 0.4) is 0 Å². The van der Waals surface area contributed by atoms with Crippen LogP contribution in [-0.4, -0.2) is 19.3 Å². The highest BCUT2D eigenvalue weighted by Crippen LogP contribution is 2.34. The minimum atomic E-state index is -0.592. The van der Waals surface area contributed by atoms with E-state index in [9.17, 15) is 4.39 Å². The summed E-state index contributed by atoms with van der Waals surface area (Å²) in [6.45, 7) is 3.45. The second-order valence-corrected chi connectivity index (χ2v) is 5.18. The molecule has 19 heavy (non-hydrogen) atoms. The highest BCUT2D eigenvalue weighted by atomic mass is 35.5. The van der Waals surface area contributed by atoms with Crippen molar-refractivity contribution in [1.29, 1.82) is 0 Å². The molecule has 1 saturated heterocycles. The molecule has 4 nitrogen and oxygen atoms in total. The van der Waals surface area contributed by atoms with Crippen molar-refractivity contribution in [1.82, 2.24) is 0 Å². The number of benzene rings is 1. The minimum Gasteiger partial charge on any atom is -0.397 e. The molecule has 0 aromatic heterocycles. The lowest BCUT2D eigenvalue weighted by atomic mass is 9.99. The highest BCUT2D eigenvalue weighted by Gasteiger charge is 2.27. The molecule has 0 amide bonds. The molecule has 1 fully saturated rings. The van der Waals surface area contributed by atoms with Crippen LogP contribution in [0.2, 0.25) is 5.02 Å². The van der Waals surface area contributed by atoms with Gasteiger partial charge in [0.2, 0.25) is 0 Å². The first kappa shape index (κ1) is 14.2. The molecule has 1 aromatic carbocycles. The molecule has 106 valence electrons. The lowest BCUT2D eigenvalue weighted by Crippen LogP contribution is -2.23. The van der Waals surface area contributed by atoms with Crippen LogP contribution in [0.15, 0.2) is 6.07 Å². The van der Waals surface area contributed by atoms with Gasteiger partial charge in [0, 0.05) is 19.1 Å². The van der Waals surface area contributed by atoms with Gasteiger partial charge in [0.25, 0.3) is 0 Å². The predicted octanol–water partition coefficient (Wildman–Crippen LogP) is 2.87. The Morgan fingerprint density at radius 1 is 1.47 bits per heavy atom. The molecule has 1 aromatic rings. The second-order valence-electron chi connectivity index (χ2n) is 4.81. The first-order valence-corrected chi connectivity index (χ1v) is 6.80. The van der Waals surface area contributed by atoms with Gasteiger partial charge in [-0.05, 0) is 18.9 Å². The molecule has 0 aliphatic carbocycles. The summed E-state index contributed by atoms with van der Waals surface area (Å²) in [6, 6.07) is 1.47. The van der Waals surface area contributed by atoms with E-state index >= 15 is 0 Å². The van der Waals surface area contributed by atoms with E-state index in [2.05, 4.69) is 12.2 Å². The Labute approximate surface area is 117 Å². The summed E-state index contributed by atoms with van der Waals surface area (Å²) in [6.07, 6.45) is 2.14. The molecule has 6 heteroatoms. The summed E-state index contributed by atoms with van der Waals surface area (Å²) in [5.74, 6) is -0.230. The Morgan fingerprint density at radius 3 is 2.89 bits per heavy atom. The van der Waals surface area contributed by atoms with Crippen molar-refractivity contribution in [2.75, 3.05) is 29.9 Å². The highest BCUT2D eigenvalue weighted by molar-refractivity contribution is 6.33. The van der Waals surface area contributed by atoms with E-state index in [0.29, 0.717) is 12.5 Å². The molecular weight excluding hydrogens is 269 g/mol. The second kappa shape index (κ2) is 5.84. The fourth-order valence-corrected chi connectivity index (χ4v) is 2.61. The third-order valence-corrected chi connectivity index (χ3v) is 3.94. The first-order chi connectivity index (χ1) is 9.04. The Morgan fingerprint density at radius 2 is 2.21 bits per heavy atom. The van der Waals surface area contributed by atoms with Gasteiger partial charge in [-0.15, -0.1) is 0 Å². The quantitative estimate of drug-likeness (QED) is 0.745. The van der Waals surface area contributed by atoms with Crippen molar-refractivity contribution in [3.8, 4) is 0 Å². The number of nitrogens with one attached hydrogen (secondary N) is 1. The number of rotatable bonds is 4.